The Labute approximate surface area is 142 Å². The van der Waals surface area contributed by atoms with Crippen LogP contribution < -0.4 is 10.6 Å². The Kier molecular flexibility index (Phi) is 4.28. The zero-order valence-electron chi connectivity index (χ0n) is 11.8. The van der Waals surface area contributed by atoms with E-state index in [1.165, 1.54) is 12.1 Å². The second-order valence-corrected chi connectivity index (χ2v) is 5.74. The van der Waals surface area contributed by atoms with Gasteiger partial charge in [0.2, 0.25) is 0 Å². The molecule has 0 aliphatic rings. The van der Waals surface area contributed by atoms with Crippen LogP contribution >= 0.6 is 23.2 Å². The number of aromatic hydroxyl groups is 1. The highest BCUT2D eigenvalue weighted by atomic mass is 35.5. The van der Waals surface area contributed by atoms with Crippen molar-refractivity contribution >= 4 is 51.4 Å². The summed E-state index contributed by atoms with van der Waals surface area (Å²) in [6, 6.07) is 15.9. The van der Waals surface area contributed by atoms with Crippen LogP contribution in [-0.2, 0) is 0 Å². The van der Waals surface area contributed by atoms with Gasteiger partial charge in [-0.2, -0.15) is 0 Å². The topological polar surface area (TPSA) is 61.4 Å². The van der Waals surface area contributed by atoms with Gasteiger partial charge in [-0.25, -0.2) is 4.79 Å². The van der Waals surface area contributed by atoms with Crippen molar-refractivity contribution in [1.29, 1.82) is 0 Å². The van der Waals surface area contributed by atoms with Gasteiger partial charge in [0, 0.05) is 11.4 Å². The van der Waals surface area contributed by atoms with Gasteiger partial charge >= 0.3 is 6.03 Å². The summed E-state index contributed by atoms with van der Waals surface area (Å²) in [5, 5.41) is 17.1. The lowest BCUT2D eigenvalue weighted by atomic mass is 10.1. The Hall–Kier alpha value is -2.43. The Balaban J connectivity index is 1.75. The molecular formula is C17H12Cl2N2O2. The molecule has 0 aromatic heterocycles. The molecule has 0 saturated carbocycles. The van der Waals surface area contributed by atoms with Crippen molar-refractivity contribution in [3.63, 3.8) is 0 Å². The van der Waals surface area contributed by atoms with Crippen LogP contribution in [0.4, 0.5) is 16.2 Å². The summed E-state index contributed by atoms with van der Waals surface area (Å²) in [6.07, 6.45) is 0. The number of carbonyl (C=O) groups excluding carboxylic acids is 1. The smallest absolute Gasteiger partial charge is 0.323 e. The van der Waals surface area contributed by atoms with Crippen LogP contribution in [0.15, 0.2) is 54.6 Å². The lowest BCUT2D eigenvalue weighted by molar-refractivity contribution is 0.262. The number of hydrogen-bond acceptors (Lipinski definition) is 2. The number of benzene rings is 3. The molecule has 0 fully saturated rings. The summed E-state index contributed by atoms with van der Waals surface area (Å²) >= 11 is 11.6. The number of anilines is 2. The van der Waals surface area contributed by atoms with Gasteiger partial charge in [0.15, 0.2) is 5.75 Å². The van der Waals surface area contributed by atoms with E-state index in [0.29, 0.717) is 11.4 Å². The number of urea groups is 1. The molecule has 0 saturated heterocycles. The first kappa shape index (κ1) is 15.5. The minimum atomic E-state index is -0.432. The fraction of sp³-hybridized carbons (Fsp3) is 0. The van der Waals surface area contributed by atoms with Crippen molar-refractivity contribution in [1.82, 2.24) is 0 Å². The molecule has 0 radical (unpaired) electrons. The van der Waals surface area contributed by atoms with E-state index in [9.17, 15) is 9.90 Å². The summed E-state index contributed by atoms with van der Waals surface area (Å²) in [5.41, 5.74) is 1.05. The summed E-state index contributed by atoms with van der Waals surface area (Å²) in [7, 11) is 0. The maximum Gasteiger partial charge on any atom is 0.323 e. The number of amides is 2. The first-order chi connectivity index (χ1) is 11.0. The average molecular weight is 347 g/mol. The highest BCUT2D eigenvalue weighted by Crippen LogP contribution is 2.34. The zero-order chi connectivity index (χ0) is 16.4. The minimum absolute atomic E-state index is 0.0681. The van der Waals surface area contributed by atoms with Crippen molar-refractivity contribution in [2.75, 3.05) is 10.6 Å². The highest BCUT2D eigenvalue weighted by molar-refractivity contribution is 6.37. The van der Waals surface area contributed by atoms with E-state index < -0.39 is 6.03 Å². The van der Waals surface area contributed by atoms with Gasteiger partial charge < -0.3 is 15.7 Å². The summed E-state index contributed by atoms with van der Waals surface area (Å²) in [4.78, 5) is 12.1. The molecule has 2 amide bonds. The van der Waals surface area contributed by atoms with Gasteiger partial charge in [-0.15, -0.1) is 0 Å². The van der Waals surface area contributed by atoms with Crippen LogP contribution in [-0.4, -0.2) is 11.1 Å². The minimum Gasteiger partial charge on any atom is -0.505 e. The normalized spacial score (nSPS) is 10.5. The molecule has 4 nitrogen and oxygen atoms in total. The molecule has 3 aromatic carbocycles. The summed E-state index contributed by atoms with van der Waals surface area (Å²) in [6.45, 7) is 0. The molecular weight excluding hydrogens is 335 g/mol. The molecule has 23 heavy (non-hydrogen) atoms. The molecule has 0 atom stereocenters. The maximum absolute atomic E-state index is 12.1. The van der Waals surface area contributed by atoms with E-state index in [2.05, 4.69) is 10.6 Å². The lowest BCUT2D eigenvalue weighted by Gasteiger charge is -2.10. The standard InChI is InChI=1S/C17H12Cl2N2O2/c18-14-8-13(9-15(19)16(14)22)21-17(23)20-12-6-5-10-3-1-2-4-11(10)7-12/h1-9,22H,(H2,20,21,23). The number of phenols is 1. The van der Waals surface area contributed by atoms with Crippen molar-refractivity contribution in [3.8, 4) is 5.75 Å². The number of rotatable bonds is 2. The Morgan fingerprint density at radius 3 is 2.13 bits per heavy atom. The predicted molar refractivity (Wildman–Crippen MR) is 94.7 cm³/mol. The predicted octanol–water partition coefficient (Wildman–Crippen LogP) is 5.50. The number of carbonyl (C=O) groups is 1. The first-order valence-electron chi connectivity index (χ1n) is 6.78. The van der Waals surface area contributed by atoms with Crippen LogP contribution in [0.1, 0.15) is 0 Å². The highest BCUT2D eigenvalue weighted by Gasteiger charge is 2.09. The summed E-state index contributed by atoms with van der Waals surface area (Å²) in [5.74, 6) is -0.214. The number of halogens is 2. The van der Waals surface area contributed by atoms with E-state index in [1.807, 2.05) is 42.5 Å². The van der Waals surface area contributed by atoms with Gasteiger partial charge in [-0.3, -0.25) is 0 Å². The maximum atomic E-state index is 12.1. The van der Waals surface area contributed by atoms with E-state index in [-0.39, 0.29) is 15.8 Å². The second kappa shape index (κ2) is 6.36. The Morgan fingerprint density at radius 1 is 0.826 bits per heavy atom. The van der Waals surface area contributed by atoms with Crippen LogP contribution in [0.3, 0.4) is 0 Å². The van der Waals surface area contributed by atoms with Gasteiger partial charge in [-0.1, -0.05) is 53.5 Å². The number of phenolic OH excluding ortho intramolecular Hbond substituents is 1. The van der Waals surface area contributed by atoms with E-state index in [0.717, 1.165) is 10.8 Å². The van der Waals surface area contributed by atoms with Crippen LogP contribution in [0.5, 0.6) is 5.75 Å². The first-order valence-corrected chi connectivity index (χ1v) is 7.53. The monoisotopic (exact) mass is 346 g/mol. The van der Waals surface area contributed by atoms with Crippen molar-refractivity contribution < 1.29 is 9.90 Å². The fourth-order valence-electron chi connectivity index (χ4n) is 2.20. The second-order valence-electron chi connectivity index (χ2n) is 4.93. The van der Waals surface area contributed by atoms with Gasteiger partial charge in [-0.05, 0) is 35.0 Å². The van der Waals surface area contributed by atoms with Crippen LogP contribution in [0.2, 0.25) is 10.0 Å². The average Bonchev–Trinajstić information content (AvgIpc) is 2.52. The molecule has 0 spiro atoms. The molecule has 3 N–H and O–H groups in total. The molecule has 0 bridgehead atoms. The van der Waals surface area contributed by atoms with E-state index in [4.69, 9.17) is 23.2 Å². The molecule has 3 aromatic rings. The van der Waals surface area contributed by atoms with Crippen molar-refractivity contribution in [2.24, 2.45) is 0 Å². The van der Waals surface area contributed by atoms with Crippen molar-refractivity contribution in [3.05, 3.63) is 64.6 Å². The van der Waals surface area contributed by atoms with E-state index >= 15 is 0 Å². The molecule has 3 rings (SSSR count). The fourth-order valence-corrected chi connectivity index (χ4v) is 2.69. The van der Waals surface area contributed by atoms with Crippen molar-refractivity contribution in [2.45, 2.75) is 0 Å². The Bertz CT molecular complexity index is 874. The third-order valence-corrected chi connectivity index (χ3v) is 3.86. The van der Waals surface area contributed by atoms with E-state index in [1.54, 1.807) is 0 Å². The molecule has 116 valence electrons. The molecule has 0 heterocycles. The molecule has 0 aliphatic heterocycles. The van der Waals surface area contributed by atoms with Gasteiger partial charge in [0.25, 0.3) is 0 Å². The number of fused-ring (bicyclic) bond motifs is 1. The SMILES string of the molecule is O=C(Nc1cc(Cl)c(O)c(Cl)c1)Nc1ccc2ccccc2c1. The zero-order valence-corrected chi connectivity index (χ0v) is 13.3. The largest absolute Gasteiger partial charge is 0.505 e. The van der Waals surface area contributed by atoms with Gasteiger partial charge in [0.05, 0.1) is 10.0 Å². The quantitative estimate of drug-likeness (QED) is 0.536. The molecule has 0 unspecified atom stereocenters. The molecule has 0 aliphatic carbocycles. The van der Waals surface area contributed by atoms with Crippen LogP contribution in [0, 0.1) is 0 Å². The van der Waals surface area contributed by atoms with Gasteiger partial charge in [0.1, 0.15) is 0 Å². The third-order valence-electron chi connectivity index (χ3n) is 3.28. The number of hydrogen-bond donors (Lipinski definition) is 3. The lowest BCUT2D eigenvalue weighted by Crippen LogP contribution is -2.19. The molecule has 6 heteroatoms. The third kappa shape index (κ3) is 3.50. The van der Waals surface area contributed by atoms with Crippen LogP contribution in [0.25, 0.3) is 10.8 Å². The summed E-state index contributed by atoms with van der Waals surface area (Å²) < 4.78 is 0. The Morgan fingerprint density at radius 2 is 1.43 bits per heavy atom. The number of nitrogens with one attached hydrogen (secondary N) is 2.